The van der Waals surface area contributed by atoms with Crippen LogP contribution in [0, 0.1) is 0 Å². The highest BCUT2D eigenvalue weighted by atomic mass is 16.5. The van der Waals surface area contributed by atoms with Crippen molar-refractivity contribution in [1.29, 1.82) is 0 Å². The van der Waals surface area contributed by atoms with Gasteiger partial charge in [0.15, 0.2) is 0 Å². The first-order valence-corrected chi connectivity index (χ1v) is 12.7. The van der Waals surface area contributed by atoms with Crippen LogP contribution in [0.2, 0.25) is 0 Å². The molecule has 0 atom stereocenters. The summed E-state index contributed by atoms with van der Waals surface area (Å²) in [5.74, 6) is -0.107. The average Bonchev–Trinajstić information content (AvgIpc) is 2.75. The highest BCUT2D eigenvalue weighted by Crippen LogP contribution is 2.08. The van der Waals surface area contributed by atoms with E-state index in [4.69, 9.17) is 18.9 Å². The normalized spacial score (nSPS) is 11.1. The van der Waals surface area contributed by atoms with Gasteiger partial charge in [-0.3, -0.25) is 4.79 Å². The van der Waals surface area contributed by atoms with E-state index in [0.29, 0.717) is 52.5 Å². The van der Waals surface area contributed by atoms with Gasteiger partial charge in [-0.1, -0.05) is 84.5 Å². The van der Waals surface area contributed by atoms with Crippen LogP contribution in [-0.4, -0.2) is 52.2 Å². The lowest BCUT2D eigenvalue weighted by Crippen LogP contribution is -2.11. The van der Waals surface area contributed by atoms with E-state index in [0.717, 1.165) is 25.9 Å². The molecule has 0 heterocycles. The van der Waals surface area contributed by atoms with Gasteiger partial charge >= 0.3 is 5.97 Å². The van der Waals surface area contributed by atoms with E-state index in [9.17, 15) is 4.79 Å². The molecular weight excluding hydrogens is 380 g/mol. The molecule has 0 amide bonds. The van der Waals surface area contributed by atoms with Crippen molar-refractivity contribution in [2.45, 2.75) is 110 Å². The van der Waals surface area contributed by atoms with Crippen molar-refractivity contribution >= 4 is 5.97 Å². The molecule has 0 aromatic rings. The second kappa shape index (κ2) is 26.4. The van der Waals surface area contributed by atoms with E-state index in [1.807, 2.05) is 0 Å². The lowest BCUT2D eigenvalue weighted by Gasteiger charge is -2.07. The van der Waals surface area contributed by atoms with Crippen molar-refractivity contribution in [3.05, 3.63) is 0 Å². The molecule has 0 aliphatic heterocycles. The molecule has 0 bridgehead atoms. The minimum atomic E-state index is -0.107. The predicted molar refractivity (Wildman–Crippen MR) is 124 cm³/mol. The maximum absolute atomic E-state index is 11.7. The molecule has 0 aromatic heterocycles. The third kappa shape index (κ3) is 25.4. The number of hydrogen-bond donors (Lipinski definition) is 0. The summed E-state index contributed by atoms with van der Waals surface area (Å²) in [6.07, 6.45) is 17.5. The highest BCUT2D eigenvalue weighted by molar-refractivity contribution is 5.69. The lowest BCUT2D eigenvalue weighted by atomic mass is 10.1. The van der Waals surface area contributed by atoms with E-state index in [1.54, 1.807) is 0 Å². The largest absolute Gasteiger partial charge is 0.466 e. The number of esters is 1. The number of carbonyl (C=O) groups is 1. The fourth-order valence-electron chi connectivity index (χ4n) is 3.16. The van der Waals surface area contributed by atoms with E-state index in [-0.39, 0.29) is 5.97 Å². The van der Waals surface area contributed by atoms with Gasteiger partial charge in [0.25, 0.3) is 0 Å². The van der Waals surface area contributed by atoms with Gasteiger partial charge in [0.05, 0.1) is 33.0 Å². The first-order chi connectivity index (χ1) is 14.8. The minimum absolute atomic E-state index is 0.107. The van der Waals surface area contributed by atoms with Crippen molar-refractivity contribution in [3.63, 3.8) is 0 Å². The number of unbranched alkanes of at least 4 members (excludes halogenated alkanes) is 11. The number of rotatable bonds is 25. The minimum Gasteiger partial charge on any atom is -0.466 e. The first kappa shape index (κ1) is 29.4. The molecule has 0 saturated carbocycles. The van der Waals surface area contributed by atoms with Gasteiger partial charge in [0.2, 0.25) is 0 Å². The summed E-state index contributed by atoms with van der Waals surface area (Å²) in [4.78, 5) is 11.7. The second-order valence-corrected chi connectivity index (χ2v) is 8.05. The summed E-state index contributed by atoms with van der Waals surface area (Å²) in [5.41, 5.74) is 0. The predicted octanol–water partition coefficient (Wildman–Crippen LogP) is 6.47. The van der Waals surface area contributed by atoms with Crippen LogP contribution in [0.15, 0.2) is 0 Å². The molecule has 0 rings (SSSR count). The van der Waals surface area contributed by atoms with Crippen LogP contribution in [0.1, 0.15) is 110 Å². The van der Waals surface area contributed by atoms with Crippen LogP contribution < -0.4 is 0 Å². The molecule has 0 N–H and O–H groups in total. The molecule has 5 nitrogen and oxygen atoms in total. The molecule has 0 aliphatic rings. The Kier molecular flexibility index (Phi) is 25.8. The quantitative estimate of drug-likeness (QED) is 0.123. The second-order valence-electron chi connectivity index (χ2n) is 8.05. The first-order valence-electron chi connectivity index (χ1n) is 12.7. The molecule has 30 heavy (non-hydrogen) atoms. The maximum atomic E-state index is 11.7. The lowest BCUT2D eigenvalue weighted by molar-refractivity contribution is -0.144. The van der Waals surface area contributed by atoms with Gasteiger partial charge in [-0.25, -0.2) is 0 Å². The van der Waals surface area contributed by atoms with Gasteiger partial charge in [-0.2, -0.15) is 0 Å². The highest BCUT2D eigenvalue weighted by Gasteiger charge is 2.02. The van der Waals surface area contributed by atoms with E-state index >= 15 is 0 Å². The molecule has 0 aromatic carbocycles. The zero-order valence-corrected chi connectivity index (χ0v) is 20.1. The summed E-state index contributed by atoms with van der Waals surface area (Å²) in [6.45, 7) is 8.83. The molecule has 0 saturated heterocycles. The fraction of sp³-hybridized carbons (Fsp3) is 0.960. The number of ether oxygens (including phenoxy) is 4. The van der Waals surface area contributed by atoms with Crippen molar-refractivity contribution < 1.29 is 23.7 Å². The van der Waals surface area contributed by atoms with Gasteiger partial charge in [-0.15, -0.1) is 0 Å². The Labute approximate surface area is 186 Å². The fourth-order valence-corrected chi connectivity index (χ4v) is 3.16. The third-order valence-corrected chi connectivity index (χ3v) is 5.07. The van der Waals surface area contributed by atoms with Crippen LogP contribution in [0.5, 0.6) is 0 Å². The van der Waals surface area contributed by atoms with Crippen molar-refractivity contribution in [2.24, 2.45) is 0 Å². The Morgan fingerprint density at radius 2 is 0.867 bits per heavy atom. The molecular formula is C25H50O5. The van der Waals surface area contributed by atoms with Crippen LogP contribution in [-0.2, 0) is 23.7 Å². The van der Waals surface area contributed by atoms with Crippen molar-refractivity contribution in [3.8, 4) is 0 Å². The van der Waals surface area contributed by atoms with Gasteiger partial charge in [0, 0.05) is 19.6 Å². The van der Waals surface area contributed by atoms with Gasteiger partial charge in [0.1, 0.15) is 0 Å². The zero-order valence-electron chi connectivity index (χ0n) is 20.1. The monoisotopic (exact) mass is 430 g/mol. The molecule has 0 fully saturated rings. The van der Waals surface area contributed by atoms with Crippen LogP contribution >= 0.6 is 0 Å². The number of carbonyl (C=O) groups excluding carboxylic acids is 1. The Morgan fingerprint density at radius 1 is 0.467 bits per heavy atom. The summed E-state index contributed by atoms with van der Waals surface area (Å²) < 4.78 is 21.8. The van der Waals surface area contributed by atoms with Crippen LogP contribution in [0.25, 0.3) is 0 Å². The van der Waals surface area contributed by atoms with Crippen LogP contribution in [0.4, 0.5) is 0 Å². The number of hydrogen-bond acceptors (Lipinski definition) is 5. The van der Waals surface area contributed by atoms with Crippen LogP contribution in [0.3, 0.4) is 0 Å². The summed E-state index contributed by atoms with van der Waals surface area (Å²) in [5, 5.41) is 0. The molecule has 180 valence electrons. The Hall–Kier alpha value is -0.650. The summed E-state index contributed by atoms with van der Waals surface area (Å²) in [6, 6.07) is 0. The Bertz CT molecular complexity index is 336. The van der Waals surface area contributed by atoms with E-state index in [1.165, 1.54) is 64.2 Å². The maximum Gasteiger partial charge on any atom is 0.305 e. The third-order valence-electron chi connectivity index (χ3n) is 5.07. The van der Waals surface area contributed by atoms with E-state index < -0.39 is 0 Å². The Morgan fingerprint density at radius 3 is 1.40 bits per heavy atom. The smallest absolute Gasteiger partial charge is 0.305 e. The average molecular weight is 431 g/mol. The van der Waals surface area contributed by atoms with E-state index in [2.05, 4.69) is 13.8 Å². The van der Waals surface area contributed by atoms with Crippen molar-refractivity contribution in [1.82, 2.24) is 0 Å². The van der Waals surface area contributed by atoms with Gasteiger partial charge in [-0.05, 0) is 19.3 Å². The summed E-state index contributed by atoms with van der Waals surface area (Å²) in [7, 11) is 0. The molecule has 0 aliphatic carbocycles. The standard InChI is InChI=1S/C25H50O5/c1-3-5-7-9-10-11-13-15-20-30-25(26)17-16-19-28-22-24-29-23-21-27-18-14-12-8-6-4-2/h3-24H2,1-2H3. The molecule has 5 heteroatoms. The molecule has 0 radical (unpaired) electrons. The Balaban J connectivity index is 3.12. The van der Waals surface area contributed by atoms with Gasteiger partial charge < -0.3 is 18.9 Å². The SMILES string of the molecule is CCCCCCCCCCOC(=O)CCCOCCOCCOCCCCCCC. The zero-order chi connectivity index (χ0) is 22.0. The van der Waals surface area contributed by atoms with Crippen molar-refractivity contribution in [2.75, 3.05) is 46.2 Å². The summed E-state index contributed by atoms with van der Waals surface area (Å²) >= 11 is 0. The molecule has 0 spiro atoms. The molecule has 0 unspecified atom stereocenters. The topological polar surface area (TPSA) is 54.0 Å².